The summed E-state index contributed by atoms with van der Waals surface area (Å²) in [5.74, 6) is 0.732. The van der Waals surface area contributed by atoms with Crippen molar-refractivity contribution in [3.8, 4) is 0 Å². The highest BCUT2D eigenvalue weighted by Crippen LogP contribution is 2.27. The highest BCUT2D eigenvalue weighted by atomic mass is 16.3. The minimum Gasteiger partial charge on any atom is -0.388 e. The molecule has 0 aromatic carbocycles. The molecule has 1 unspecified atom stereocenters. The molecule has 3 rings (SSSR count). The van der Waals surface area contributed by atoms with Crippen molar-refractivity contribution in [3.05, 3.63) is 17.3 Å². The molecule has 1 fully saturated rings. The van der Waals surface area contributed by atoms with Crippen LogP contribution in [0.1, 0.15) is 75.7 Å². The van der Waals surface area contributed by atoms with Crippen molar-refractivity contribution in [1.82, 2.24) is 10.2 Å². The Balaban J connectivity index is 0.000000178. The largest absolute Gasteiger partial charge is 0.388 e. The molecule has 1 saturated carbocycles. The molecule has 4 nitrogen and oxygen atoms in total. The van der Waals surface area contributed by atoms with Gasteiger partial charge in [-0.25, -0.2) is 0 Å². The summed E-state index contributed by atoms with van der Waals surface area (Å²) in [5.41, 5.74) is 1.82. The predicted molar refractivity (Wildman–Crippen MR) is 81.8 cm³/mol. The Kier molecular flexibility index (Phi) is 6.25. The Bertz CT molecular complexity index is 389. The van der Waals surface area contributed by atoms with Crippen molar-refractivity contribution < 1.29 is 5.11 Å². The molecule has 0 radical (unpaired) electrons. The van der Waals surface area contributed by atoms with Crippen LogP contribution in [-0.4, -0.2) is 21.8 Å². The number of hydrogen-bond acceptors (Lipinski definition) is 4. The number of aliphatic hydroxyl groups excluding tert-OH is 1. The van der Waals surface area contributed by atoms with Gasteiger partial charge in [-0.15, -0.1) is 5.10 Å². The maximum atomic E-state index is 9.67. The first-order chi connectivity index (χ1) is 9.81. The van der Waals surface area contributed by atoms with E-state index in [4.69, 9.17) is 0 Å². The molecule has 2 N–H and O–H groups in total. The van der Waals surface area contributed by atoms with Gasteiger partial charge in [-0.1, -0.05) is 51.9 Å². The van der Waals surface area contributed by atoms with Crippen molar-refractivity contribution >= 4 is 5.82 Å². The van der Waals surface area contributed by atoms with Crippen molar-refractivity contribution in [2.24, 2.45) is 0 Å². The molecule has 1 aliphatic heterocycles. The van der Waals surface area contributed by atoms with Crippen molar-refractivity contribution in [2.45, 2.75) is 70.8 Å². The number of hydrogen-bond donors (Lipinski definition) is 2. The van der Waals surface area contributed by atoms with Crippen LogP contribution in [0.25, 0.3) is 0 Å². The normalized spacial score (nSPS) is 21.8. The Morgan fingerprint density at radius 3 is 2.25 bits per heavy atom. The average molecular weight is 277 g/mol. The first-order valence-corrected chi connectivity index (χ1v) is 8.09. The fourth-order valence-corrected chi connectivity index (χ4v) is 2.73. The van der Waals surface area contributed by atoms with E-state index in [-0.39, 0.29) is 6.10 Å². The SMILES string of the molecule is C1CCCCCC1.CCc1cc2c(nn1)NCCC2O. The Hall–Kier alpha value is -1.16. The fourth-order valence-electron chi connectivity index (χ4n) is 2.73. The Morgan fingerprint density at radius 1 is 1.10 bits per heavy atom. The molecule has 1 aromatic rings. The van der Waals surface area contributed by atoms with Crippen LogP contribution in [0.5, 0.6) is 0 Å². The zero-order valence-electron chi connectivity index (χ0n) is 12.6. The molecule has 1 atom stereocenters. The second kappa shape index (κ2) is 8.20. The lowest BCUT2D eigenvalue weighted by Crippen LogP contribution is -2.18. The Morgan fingerprint density at radius 2 is 1.70 bits per heavy atom. The number of rotatable bonds is 1. The van der Waals surface area contributed by atoms with E-state index in [0.29, 0.717) is 0 Å². The molecule has 1 aromatic heterocycles. The number of fused-ring (bicyclic) bond motifs is 1. The van der Waals surface area contributed by atoms with Gasteiger partial charge in [0.1, 0.15) is 0 Å². The van der Waals surface area contributed by atoms with Crippen molar-refractivity contribution in [1.29, 1.82) is 0 Å². The van der Waals surface area contributed by atoms with E-state index in [1.165, 1.54) is 44.9 Å². The number of nitrogens with one attached hydrogen (secondary N) is 1. The first-order valence-electron chi connectivity index (χ1n) is 8.09. The second-order valence-corrected chi connectivity index (χ2v) is 5.70. The number of aliphatic hydroxyl groups is 1. The average Bonchev–Trinajstić information content (AvgIpc) is 2.80. The third kappa shape index (κ3) is 4.44. The predicted octanol–water partition coefficient (Wildman–Crippen LogP) is 3.62. The summed E-state index contributed by atoms with van der Waals surface area (Å²) in [6.07, 6.45) is 11.7. The van der Waals surface area contributed by atoms with Gasteiger partial charge in [-0.2, -0.15) is 5.10 Å². The van der Waals surface area contributed by atoms with Crippen LogP contribution >= 0.6 is 0 Å². The van der Waals surface area contributed by atoms with E-state index in [1.54, 1.807) is 0 Å². The van der Waals surface area contributed by atoms with Crippen LogP contribution in [0.2, 0.25) is 0 Å². The summed E-state index contributed by atoms with van der Waals surface area (Å²) in [7, 11) is 0. The summed E-state index contributed by atoms with van der Waals surface area (Å²) in [6, 6.07) is 1.93. The summed E-state index contributed by atoms with van der Waals surface area (Å²) >= 11 is 0. The maximum Gasteiger partial charge on any atom is 0.154 e. The van der Waals surface area contributed by atoms with E-state index < -0.39 is 0 Å². The van der Waals surface area contributed by atoms with Gasteiger partial charge >= 0.3 is 0 Å². The number of anilines is 1. The smallest absolute Gasteiger partial charge is 0.154 e. The van der Waals surface area contributed by atoms with Gasteiger partial charge in [0, 0.05) is 12.1 Å². The van der Waals surface area contributed by atoms with E-state index in [1.807, 2.05) is 13.0 Å². The molecule has 112 valence electrons. The van der Waals surface area contributed by atoms with E-state index >= 15 is 0 Å². The molecule has 2 heterocycles. The van der Waals surface area contributed by atoms with Crippen LogP contribution in [0, 0.1) is 0 Å². The summed E-state index contributed by atoms with van der Waals surface area (Å²) in [4.78, 5) is 0. The lowest BCUT2D eigenvalue weighted by molar-refractivity contribution is 0.167. The molecule has 0 spiro atoms. The highest BCUT2D eigenvalue weighted by molar-refractivity contribution is 5.47. The highest BCUT2D eigenvalue weighted by Gasteiger charge is 2.19. The zero-order valence-corrected chi connectivity index (χ0v) is 12.6. The zero-order chi connectivity index (χ0) is 14.2. The molecule has 20 heavy (non-hydrogen) atoms. The molecular weight excluding hydrogens is 250 g/mol. The molecule has 0 bridgehead atoms. The van der Waals surface area contributed by atoms with Gasteiger partial charge in [-0.3, -0.25) is 0 Å². The van der Waals surface area contributed by atoms with Crippen molar-refractivity contribution in [3.63, 3.8) is 0 Å². The molecule has 0 amide bonds. The first kappa shape index (κ1) is 15.2. The van der Waals surface area contributed by atoms with E-state index in [0.717, 1.165) is 36.5 Å². The summed E-state index contributed by atoms with van der Waals surface area (Å²) < 4.78 is 0. The van der Waals surface area contributed by atoms with Gasteiger partial charge in [0.25, 0.3) is 0 Å². The summed E-state index contributed by atoms with van der Waals surface area (Å²) in [6.45, 7) is 2.80. The maximum absolute atomic E-state index is 9.67. The molecule has 1 aliphatic carbocycles. The van der Waals surface area contributed by atoms with Gasteiger partial charge in [-0.05, 0) is 18.9 Å². The number of nitrogens with zero attached hydrogens (tertiary/aromatic N) is 2. The van der Waals surface area contributed by atoms with Gasteiger partial charge in [0.05, 0.1) is 11.8 Å². The minimum atomic E-state index is -0.378. The van der Waals surface area contributed by atoms with Crippen LogP contribution in [0.3, 0.4) is 0 Å². The summed E-state index contributed by atoms with van der Waals surface area (Å²) in [5, 5.41) is 20.8. The lowest BCUT2D eigenvalue weighted by atomic mass is 10.0. The van der Waals surface area contributed by atoms with Crippen LogP contribution in [-0.2, 0) is 6.42 Å². The standard InChI is InChI=1S/C9H13N3O.C7H14/c1-2-6-5-7-8(13)3-4-10-9(7)12-11-6;1-2-4-6-7-5-3-1/h5,8,13H,2-4H2,1H3,(H,10,12);1-7H2. The van der Waals surface area contributed by atoms with E-state index in [9.17, 15) is 5.11 Å². The topological polar surface area (TPSA) is 58.0 Å². The molecular formula is C16H27N3O. The quantitative estimate of drug-likeness (QED) is 0.770. The van der Waals surface area contributed by atoms with Gasteiger partial charge in [0.2, 0.25) is 0 Å². The van der Waals surface area contributed by atoms with Crippen LogP contribution in [0.4, 0.5) is 5.82 Å². The van der Waals surface area contributed by atoms with Gasteiger partial charge < -0.3 is 10.4 Å². The molecule has 4 heteroatoms. The lowest BCUT2D eigenvalue weighted by Gasteiger charge is -2.21. The van der Waals surface area contributed by atoms with Crippen LogP contribution in [0.15, 0.2) is 6.07 Å². The third-order valence-corrected chi connectivity index (χ3v) is 4.06. The van der Waals surface area contributed by atoms with Gasteiger partial charge in [0.15, 0.2) is 5.82 Å². The van der Waals surface area contributed by atoms with E-state index in [2.05, 4.69) is 15.5 Å². The van der Waals surface area contributed by atoms with Crippen LogP contribution < -0.4 is 5.32 Å². The molecule has 0 saturated heterocycles. The minimum absolute atomic E-state index is 0.378. The third-order valence-electron chi connectivity index (χ3n) is 4.06. The second-order valence-electron chi connectivity index (χ2n) is 5.70. The number of aryl methyl sites for hydroxylation is 1. The number of aromatic nitrogens is 2. The molecule has 2 aliphatic rings. The Labute approximate surface area is 122 Å². The fraction of sp³-hybridized carbons (Fsp3) is 0.750. The monoisotopic (exact) mass is 277 g/mol. The van der Waals surface area contributed by atoms with Crippen molar-refractivity contribution in [2.75, 3.05) is 11.9 Å².